The van der Waals surface area contributed by atoms with Gasteiger partial charge in [0.2, 0.25) is 0 Å². The average Bonchev–Trinajstić information content (AvgIpc) is 3.27. The fraction of sp³-hybridized carbons (Fsp3) is 0.464. The summed E-state index contributed by atoms with van der Waals surface area (Å²) in [4.78, 5) is 12.4. The molecule has 1 amide bonds. The first kappa shape index (κ1) is 26.9. The smallest absolute Gasteiger partial charge is 0.255 e. The SMILES string of the molecule is CC.CCC1CCC(C)C1.CNCc1ccc(NC(=O)C2=Cc3ccc(Cl)cc3OC2)cc1. The van der Waals surface area contributed by atoms with Gasteiger partial charge in [0.05, 0.1) is 5.57 Å². The molecule has 0 saturated heterocycles. The molecule has 2 aromatic carbocycles. The van der Waals surface area contributed by atoms with Gasteiger partial charge in [-0.15, -0.1) is 0 Å². The zero-order valence-electron chi connectivity index (χ0n) is 20.7. The molecule has 2 atom stereocenters. The number of hydrogen-bond acceptors (Lipinski definition) is 3. The van der Waals surface area contributed by atoms with Gasteiger partial charge in [0.1, 0.15) is 12.4 Å². The molecule has 2 aliphatic rings. The van der Waals surface area contributed by atoms with Crippen LogP contribution in [0, 0.1) is 11.8 Å². The number of nitrogens with one attached hydrogen (secondary N) is 2. The molecule has 1 fully saturated rings. The molecule has 1 heterocycles. The highest BCUT2D eigenvalue weighted by Gasteiger charge is 2.19. The van der Waals surface area contributed by atoms with E-state index in [1.165, 1.54) is 25.7 Å². The largest absolute Gasteiger partial charge is 0.488 e. The molecule has 0 bridgehead atoms. The molecule has 180 valence electrons. The number of halogens is 1. The maximum Gasteiger partial charge on any atom is 0.255 e. The number of benzene rings is 2. The molecule has 4 rings (SSSR count). The molecular weight excluding hydrogens is 432 g/mol. The minimum absolute atomic E-state index is 0.160. The summed E-state index contributed by atoms with van der Waals surface area (Å²) in [5.41, 5.74) is 3.36. The van der Waals surface area contributed by atoms with Gasteiger partial charge in [0.25, 0.3) is 5.91 Å². The lowest BCUT2D eigenvalue weighted by atomic mass is 10.0. The summed E-state index contributed by atoms with van der Waals surface area (Å²) in [7, 11) is 1.90. The Kier molecular flexibility index (Phi) is 11.5. The van der Waals surface area contributed by atoms with E-state index < -0.39 is 0 Å². The van der Waals surface area contributed by atoms with Gasteiger partial charge in [-0.3, -0.25) is 4.79 Å². The van der Waals surface area contributed by atoms with Crippen LogP contribution in [0.1, 0.15) is 64.5 Å². The van der Waals surface area contributed by atoms with Crippen molar-refractivity contribution in [3.8, 4) is 5.75 Å². The van der Waals surface area contributed by atoms with Crippen LogP contribution in [0.2, 0.25) is 5.02 Å². The highest BCUT2D eigenvalue weighted by atomic mass is 35.5. The molecule has 0 spiro atoms. The predicted molar refractivity (Wildman–Crippen MR) is 141 cm³/mol. The minimum Gasteiger partial charge on any atom is -0.488 e. The molecule has 33 heavy (non-hydrogen) atoms. The second-order valence-electron chi connectivity index (χ2n) is 8.51. The summed E-state index contributed by atoms with van der Waals surface area (Å²) in [6.07, 6.45) is 7.72. The Bertz CT molecular complexity index is 909. The van der Waals surface area contributed by atoms with Crippen molar-refractivity contribution in [1.29, 1.82) is 0 Å². The molecular formula is C28H39ClN2O2. The summed E-state index contributed by atoms with van der Waals surface area (Å²) in [5, 5.41) is 6.59. The maximum absolute atomic E-state index is 12.4. The number of carbonyl (C=O) groups is 1. The summed E-state index contributed by atoms with van der Waals surface area (Å²) in [6.45, 7) is 9.71. The highest BCUT2D eigenvalue weighted by molar-refractivity contribution is 6.30. The minimum atomic E-state index is -0.160. The van der Waals surface area contributed by atoms with Gasteiger partial charge < -0.3 is 15.4 Å². The fourth-order valence-electron chi connectivity index (χ4n) is 4.09. The summed E-state index contributed by atoms with van der Waals surface area (Å²) < 4.78 is 5.60. The first-order valence-corrected chi connectivity index (χ1v) is 12.5. The molecule has 2 N–H and O–H groups in total. The summed E-state index contributed by atoms with van der Waals surface area (Å²) in [5.74, 6) is 2.64. The number of fused-ring (bicyclic) bond motifs is 1. The Morgan fingerprint density at radius 1 is 1.12 bits per heavy atom. The third-order valence-electron chi connectivity index (χ3n) is 5.95. The third kappa shape index (κ3) is 8.53. The molecule has 2 aromatic rings. The number of rotatable bonds is 5. The van der Waals surface area contributed by atoms with E-state index in [0.717, 1.165) is 35.2 Å². The number of ether oxygens (including phenoxy) is 1. The van der Waals surface area contributed by atoms with Gasteiger partial charge in [-0.25, -0.2) is 0 Å². The van der Waals surface area contributed by atoms with Crippen molar-refractivity contribution in [3.63, 3.8) is 0 Å². The molecule has 1 aliphatic heterocycles. The van der Waals surface area contributed by atoms with Crippen molar-refractivity contribution in [3.05, 3.63) is 64.2 Å². The standard InChI is InChI=1S/C18H17ClN2O2.C8H16.C2H6/c1-20-10-12-2-6-16(7-3-12)21-18(22)14-8-13-4-5-15(19)9-17(13)23-11-14;1-3-8-5-4-7(2)6-8;1-2/h2-9,20H,10-11H2,1H3,(H,21,22);7-8H,3-6H2,1-2H3;1-2H3. The van der Waals surface area contributed by atoms with Gasteiger partial charge in [0, 0.05) is 22.8 Å². The predicted octanol–water partition coefficient (Wildman–Crippen LogP) is 7.33. The Balaban J connectivity index is 0.000000323. The average molecular weight is 471 g/mol. The molecule has 4 nitrogen and oxygen atoms in total. The van der Waals surface area contributed by atoms with Crippen LogP contribution in [-0.4, -0.2) is 19.6 Å². The zero-order valence-corrected chi connectivity index (χ0v) is 21.5. The van der Waals surface area contributed by atoms with Gasteiger partial charge in [0.15, 0.2) is 0 Å². The monoisotopic (exact) mass is 470 g/mol. The Morgan fingerprint density at radius 3 is 2.42 bits per heavy atom. The van der Waals surface area contributed by atoms with E-state index in [1.807, 2.05) is 57.3 Å². The quantitative estimate of drug-likeness (QED) is 0.480. The molecule has 1 saturated carbocycles. The van der Waals surface area contributed by atoms with E-state index >= 15 is 0 Å². The number of carbonyl (C=O) groups excluding carboxylic acids is 1. The molecule has 1 aliphatic carbocycles. The van der Waals surface area contributed by atoms with Crippen LogP contribution >= 0.6 is 11.6 Å². The van der Waals surface area contributed by atoms with Crippen molar-refractivity contribution in [2.75, 3.05) is 19.0 Å². The van der Waals surface area contributed by atoms with Crippen molar-refractivity contribution < 1.29 is 9.53 Å². The second-order valence-corrected chi connectivity index (χ2v) is 8.95. The van der Waals surface area contributed by atoms with Crippen molar-refractivity contribution in [1.82, 2.24) is 5.32 Å². The topological polar surface area (TPSA) is 50.4 Å². The van der Waals surface area contributed by atoms with Crippen molar-refractivity contribution in [2.24, 2.45) is 11.8 Å². The lowest BCUT2D eigenvalue weighted by Crippen LogP contribution is -2.21. The fourth-order valence-corrected chi connectivity index (χ4v) is 4.25. The van der Waals surface area contributed by atoms with E-state index in [9.17, 15) is 4.79 Å². The van der Waals surface area contributed by atoms with Crippen LogP contribution in [-0.2, 0) is 11.3 Å². The van der Waals surface area contributed by atoms with E-state index in [-0.39, 0.29) is 12.5 Å². The normalized spacial score (nSPS) is 18.4. The van der Waals surface area contributed by atoms with Crippen LogP contribution in [0.15, 0.2) is 48.0 Å². The Labute approximate surface area is 204 Å². The second kappa shape index (κ2) is 14.1. The number of anilines is 1. The van der Waals surface area contributed by atoms with Crippen molar-refractivity contribution >= 4 is 29.3 Å². The number of amides is 1. The van der Waals surface area contributed by atoms with E-state index in [2.05, 4.69) is 24.5 Å². The molecule has 2 unspecified atom stereocenters. The van der Waals surface area contributed by atoms with Gasteiger partial charge in [-0.1, -0.05) is 70.7 Å². The maximum atomic E-state index is 12.4. The van der Waals surface area contributed by atoms with E-state index in [4.69, 9.17) is 16.3 Å². The van der Waals surface area contributed by atoms with Crippen molar-refractivity contribution in [2.45, 2.75) is 59.9 Å². The first-order valence-electron chi connectivity index (χ1n) is 12.2. The number of hydrogen-bond donors (Lipinski definition) is 2. The first-order chi connectivity index (χ1) is 16.0. The van der Waals surface area contributed by atoms with E-state index in [1.54, 1.807) is 12.1 Å². The molecule has 0 aromatic heterocycles. The molecule has 0 radical (unpaired) electrons. The Morgan fingerprint density at radius 2 is 1.85 bits per heavy atom. The van der Waals surface area contributed by atoms with Crippen LogP contribution in [0.4, 0.5) is 5.69 Å². The van der Waals surface area contributed by atoms with Gasteiger partial charge in [-0.05, 0) is 67.3 Å². The third-order valence-corrected chi connectivity index (χ3v) is 6.19. The van der Waals surface area contributed by atoms with E-state index in [0.29, 0.717) is 16.3 Å². The zero-order chi connectivity index (χ0) is 24.2. The summed E-state index contributed by atoms with van der Waals surface area (Å²) in [6, 6.07) is 13.1. The lowest BCUT2D eigenvalue weighted by molar-refractivity contribution is -0.113. The van der Waals surface area contributed by atoms with Crippen LogP contribution in [0.25, 0.3) is 6.08 Å². The van der Waals surface area contributed by atoms with Crippen LogP contribution < -0.4 is 15.4 Å². The molecule has 5 heteroatoms. The van der Waals surface area contributed by atoms with Gasteiger partial charge in [-0.2, -0.15) is 0 Å². The van der Waals surface area contributed by atoms with Crippen LogP contribution in [0.3, 0.4) is 0 Å². The Hall–Kier alpha value is -2.30. The lowest BCUT2D eigenvalue weighted by Gasteiger charge is -2.18. The summed E-state index contributed by atoms with van der Waals surface area (Å²) >= 11 is 5.93. The highest BCUT2D eigenvalue weighted by Crippen LogP contribution is 2.32. The van der Waals surface area contributed by atoms with Gasteiger partial charge >= 0.3 is 0 Å². The van der Waals surface area contributed by atoms with Crippen LogP contribution in [0.5, 0.6) is 5.75 Å².